The minimum Gasteiger partial charge on any atom is -0.398 e. The van der Waals surface area contributed by atoms with Crippen molar-refractivity contribution in [3.63, 3.8) is 0 Å². The molecular formula is C14H12N2. The molecule has 0 aromatic heterocycles. The number of anilines is 1. The standard InChI is InChI=1S/C14H12N2/c1-10-5-6-14(16)13(7-10)12-4-2-3-11(8-12)9-15/h2-8H,16H2,1H3. The van der Waals surface area contributed by atoms with Gasteiger partial charge in [0.15, 0.2) is 0 Å². The average molecular weight is 208 g/mol. The van der Waals surface area contributed by atoms with Crippen LogP contribution < -0.4 is 5.73 Å². The summed E-state index contributed by atoms with van der Waals surface area (Å²) in [5.74, 6) is 0. The van der Waals surface area contributed by atoms with Gasteiger partial charge in [0.05, 0.1) is 11.6 Å². The molecular weight excluding hydrogens is 196 g/mol. The molecule has 0 saturated carbocycles. The Labute approximate surface area is 95.0 Å². The van der Waals surface area contributed by atoms with E-state index in [-0.39, 0.29) is 0 Å². The molecule has 0 aliphatic heterocycles. The first-order valence-corrected chi connectivity index (χ1v) is 5.07. The highest BCUT2D eigenvalue weighted by molar-refractivity contribution is 5.77. The Morgan fingerprint density at radius 2 is 1.94 bits per heavy atom. The maximum absolute atomic E-state index is 8.85. The summed E-state index contributed by atoms with van der Waals surface area (Å²) in [6, 6.07) is 15.5. The van der Waals surface area contributed by atoms with E-state index < -0.39 is 0 Å². The minimum absolute atomic E-state index is 0.651. The largest absolute Gasteiger partial charge is 0.398 e. The number of benzene rings is 2. The lowest BCUT2D eigenvalue weighted by molar-refractivity contribution is 1.45. The summed E-state index contributed by atoms with van der Waals surface area (Å²) in [7, 11) is 0. The summed E-state index contributed by atoms with van der Waals surface area (Å²) in [5.41, 5.74) is 10.4. The first kappa shape index (κ1) is 10.3. The van der Waals surface area contributed by atoms with E-state index in [0.29, 0.717) is 5.56 Å². The van der Waals surface area contributed by atoms with Crippen LogP contribution in [0, 0.1) is 18.3 Å². The van der Waals surface area contributed by atoms with E-state index in [0.717, 1.165) is 22.4 Å². The van der Waals surface area contributed by atoms with Gasteiger partial charge in [0.1, 0.15) is 0 Å². The Morgan fingerprint density at radius 3 is 2.69 bits per heavy atom. The highest BCUT2D eigenvalue weighted by Crippen LogP contribution is 2.27. The fourth-order valence-electron chi connectivity index (χ4n) is 1.68. The number of hydrogen-bond acceptors (Lipinski definition) is 2. The molecule has 2 N–H and O–H groups in total. The fraction of sp³-hybridized carbons (Fsp3) is 0.0714. The van der Waals surface area contributed by atoms with E-state index >= 15 is 0 Å². The Hall–Kier alpha value is -2.27. The molecule has 2 rings (SSSR count). The van der Waals surface area contributed by atoms with Crippen molar-refractivity contribution in [2.75, 3.05) is 5.73 Å². The van der Waals surface area contributed by atoms with Gasteiger partial charge in [0.2, 0.25) is 0 Å². The zero-order chi connectivity index (χ0) is 11.5. The number of nitrogens with zero attached hydrogens (tertiary/aromatic N) is 1. The van der Waals surface area contributed by atoms with Crippen LogP contribution in [-0.4, -0.2) is 0 Å². The monoisotopic (exact) mass is 208 g/mol. The molecule has 0 unspecified atom stereocenters. The van der Waals surface area contributed by atoms with Gasteiger partial charge >= 0.3 is 0 Å². The molecule has 0 radical (unpaired) electrons. The summed E-state index contributed by atoms with van der Waals surface area (Å²) in [5, 5.41) is 8.85. The molecule has 16 heavy (non-hydrogen) atoms. The van der Waals surface area contributed by atoms with Crippen molar-refractivity contribution < 1.29 is 0 Å². The van der Waals surface area contributed by atoms with Gasteiger partial charge in [-0.2, -0.15) is 5.26 Å². The summed E-state index contributed by atoms with van der Waals surface area (Å²) in [4.78, 5) is 0. The molecule has 2 aromatic carbocycles. The van der Waals surface area contributed by atoms with Crippen molar-refractivity contribution in [1.82, 2.24) is 0 Å². The lowest BCUT2D eigenvalue weighted by Gasteiger charge is -2.07. The van der Waals surface area contributed by atoms with Crippen molar-refractivity contribution in [2.24, 2.45) is 0 Å². The zero-order valence-corrected chi connectivity index (χ0v) is 9.07. The van der Waals surface area contributed by atoms with Crippen molar-refractivity contribution in [1.29, 1.82) is 5.26 Å². The van der Waals surface area contributed by atoms with E-state index in [9.17, 15) is 0 Å². The van der Waals surface area contributed by atoms with Crippen LogP contribution in [-0.2, 0) is 0 Å². The molecule has 0 aliphatic rings. The highest BCUT2D eigenvalue weighted by atomic mass is 14.6. The molecule has 2 aromatic rings. The van der Waals surface area contributed by atoms with Gasteiger partial charge in [-0.15, -0.1) is 0 Å². The van der Waals surface area contributed by atoms with Gasteiger partial charge in [0, 0.05) is 11.3 Å². The van der Waals surface area contributed by atoms with Gasteiger partial charge < -0.3 is 5.73 Å². The summed E-state index contributed by atoms with van der Waals surface area (Å²) < 4.78 is 0. The van der Waals surface area contributed by atoms with E-state index in [1.807, 2.05) is 43.3 Å². The van der Waals surface area contributed by atoms with Crippen LogP contribution in [0.4, 0.5) is 5.69 Å². The summed E-state index contributed by atoms with van der Waals surface area (Å²) >= 11 is 0. The minimum atomic E-state index is 0.651. The molecule has 78 valence electrons. The molecule has 0 atom stereocenters. The second kappa shape index (κ2) is 4.08. The number of nitriles is 1. The van der Waals surface area contributed by atoms with Crippen LogP contribution in [0.15, 0.2) is 42.5 Å². The maximum atomic E-state index is 8.85. The second-order valence-electron chi connectivity index (χ2n) is 3.78. The van der Waals surface area contributed by atoms with Crippen molar-refractivity contribution in [3.05, 3.63) is 53.6 Å². The predicted molar refractivity (Wildman–Crippen MR) is 65.7 cm³/mol. The Kier molecular flexibility index (Phi) is 2.61. The summed E-state index contributed by atoms with van der Waals surface area (Å²) in [6.07, 6.45) is 0. The third-order valence-electron chi connectivity index (χ3n) is 2.51. The second-order valence-corrected chi connectivity index (χ2v) is 3.78. The third kappa shape index (κ3) is 1.89. The summed E-state index contributed by atoms with van der Waals surface area (Å²) in [6.45, 7) is 2.02. The van der Waals surface area contributed by atoms with E-state index in [1.54, 1.807) is 6.07 Å². The number of nitrogens with two attached hydrogens (primary N) is 1. The third-order valence-corrected chi connectivity index (χ3v) is 2.51. The van der Waals surface area contributed by atoms with E-state index in [4.69, 9.17) is 11.0 Å². The lowest BCUT2D eigenvalue weighted by Crippen LogP contribution is -1.91. The van der Waals surface area contributed by atoms with E-state index in [1.165, 1.54) is 0 Å². The van der Waals surface area contributed by atoms with E-state index in [2.05, 4.69) is 6.07 Å². The highest BCUT2D eigenvalue weighted by Gasteiger charge is 2.03. The molecule has 0 amide bonds. The molecule has 0 heterocycles. The number of rotatable bonds is 1. The van der Waals surface area contributed by atoms with Crippen LogP contribution in [0.2, 0.25) is 0 Å². The molecule has 2 heteroatoms. The fourth-order valence-corrected chi connectivity index (χ4v) is 1.68. The smallest absolute Gasteiger partial charge is 0.0991 e. The lowest BCUT2D eigenvalue weighted by atomic mass is 10.00. The van der Waals surface area contributed by atoms with Gasteiger partial charge in [-0.25, -0.2) is 0 Å². The van der Waals surface area contributed by atoms with Gasteiger partial charge in [-0.1, -0.05) is 23.8 Å². The van der Waals surface area contributed by atoms with Crippen molar-refractivity contribution in [3.8, 4) is 17.2 Å². The average Bonchev–Trinajstić information content (AvgIpc) is 2.32. The first-order chi connectivity index (χ1) is 7.70. The molecule has 2 nitrogen and oxygen atoms in total. The Bertz CT molecular complexity index is 565. The van der Waals surface area contributed by atoms with Crippen LogP contribution in [0.5, 0.6) is 0 Å². The van der Waals surface area contributed by atoms with Crippen molar-refractivity contribution >= 4 is 5.69 Å². The maximum Gasteiger partial charge on any atom is 0.0991 e. The van der Waals surface area contributed by atoms with Crippen LogP contribution in [0.25, 0.3) is 11.1 Å². The van der Waals surface area contributed by atoms with Crippen LogP contribution >= 0.6 is 0 Å². The Balaban J connectivity index is 2.58. The molecule has 0 bridgehead atoms. The van der Waals surface area contributed by atoms with Gasteiger partial charge in [0.25, 0.3) is 0 Å². The number of hydrogen-bond donors (Lipinski definition) is 1. The van der Waals surface area contributed by atoms with Crippen LogP contribution in [0.3, 0.4) is 0 Å². The van der Waals surface area contributed by atoms with Gasteiger partial charge in [-0.05, 0) is 36.8 Å². The molecule has 0 saturated heterocycles. The Morgan fingerprint density at radius 1 is 1.12 bits per heavy atom. The zero-order valence-electron chi connectivity index (χ0n) is 9.07. The predicted octanol–water partition coefficient (Wildman–Crippen LogP) is 3.12. The number of nitrogen functional groups attached to an aromatic ring is 1. The first-order valence-electron chi connectivity index (χ1n) is 5.07. The molecule has 0 fully saturated rings. The quantitative estimate of drug-likeness (QED) is 0.732. The van der Waals surface area contributed by atoms with Gasteiger partial charge in [-0.3, -0.25) is 0 Å². The van der Waals surface area contributed by atoms with Crippen LogP contribution in [0.1, 0.15) is 11.1 Å². The normalized spacial score (nSPS) is 9.75. The SMILES string of the molecule is Cc1ccc(N)c(-c2cccc(C#N)c2)c1. The van der Waals surface area contributed by atoms with Crippen molar-refractivity contribution in [2.45, 2.75) is 6.92 Å². The number of aryl methyl sites for hydroxylation is 1. The topological polar surface area (TPSA) is 49.8 Å². The molecule has 0 aliphatic carbocycles. The molecule has 0 spiro atoms.